The first-order valence-corrected chi connectivity index (χ1v) is 10.6. The second kappa shape index (κ2) is 8.83. The molecule has 0 aromatic carbocycles. The number of nitrogens with zero attached hydrogens (tertiary/aromatic N) is 3. The predicted molar refractivity (Wildman–Crippen MR) is 113 cm³/mol. The SMILES string of the molecule is CCc1nc(NCCC(C)(NC)C(N)=O)cc(Nc2ncc(C3CCC3)s2)n1. The fraction of sp³-hybridized carbons (Fsp3) is 0.579. The Labute approximate surface area is 169 Å². The Bertz CT molecular complexity index is 820. The zero-order valence-corrected chi connectivity index (χ0v) is 17.5. The third-order valence-electron chi connectivity index (χ3n) is 5.38. The third kappa shape index (κ3) is 4.77. The van der Waals surface area contributed by atoms with E-state index < -0.39 is 5.54 Å². The first-order valence-electron chi connectivity index (χ1n) is 9.77. The Morgan fingerprint density at radius 3 is 2.71 bits per heavy atom. The fourth-order valence-corrected chi connectivity index (χ4v) is 3.95. The number of aromatic nitrogens is 3. The van der Waals surface area contributed by atoms with Crippen LogP contribution in [0.3, 0.4) is 0 Å². The Kier molecular flexibility index (Phi) is 6.46. The monoisotopic (exact) mass is 403 g/mol. The number of nitrogens with one attached hydrogen (secondary N) is 3. The van der Waals surface area contributed by atoms with Crippen molar-refractivity contribution in [2.24, 2.45) is 5.73 Å². The van der Waals surface area contributed by atoms with Gasteiger partial charge in [0.25, 0.3) is 0 Å². The molecule has 0 spiro atoms. The van der Waals surface area contributed by atoms with Gasteiger partial charge in [0, 0.05) is 30.1 Å². The lowest BCUT2D eigenvalue weighted by Gasteiger charge is -2.25. The van der Waals surface area contributed by atoms with Gasteiger partial charge in [0.1, 0.15) is 17.5 Å². The van der Waals surface area contributed by atoms with E-state index in [1.54, 1.807) is 25.3 Å². The van der Waals surface area contributed by atoms with Gasteiger partial charge in [0.15, 0.2) is 5.13 Å². The maximum atomic E-state index is 11.6. The number of aryl methyl sites for hydroxylation is 1. The number of amides is 1. The van der Waals surface area contributed by atoms with Gasteiger partial charge in [0.05, 0.1) is 5.54 Å². The Morgan fingerprint density at radius 1 is 1.36 bits per heavy atom. The van der Waals surface area contributed by atoms with Gasteiger partial charge in [-0.25, -0.2) is 15.0 Å². The van der Waals surface area contributed by atoms with Crippen molar-refractivity contribution in [2.75, 3.05) is 24.2 Å². The summed E-state index contributed by atoms with van der Waals surface area (Å²) in [7, 11) is 1.73. The van der Waals surface area contributed by atoms with Crippen molar-refractivity contribution < 1.29 is 4.79 Å². The number of nitrogens with two attached hydrogens (primary N) is 1. The van der Waals surface area contributed by atoms with Crippen molar-refractivity contribution in [3.8, 4) is 0 Å². The van der Waals surface area contributed by atoms with E-state index in [0.717, 1.165) is 23.2 Å². The molecule has 1 atom stereocenters. The molecule has 8 nitrogen and oxygen atoms in total. The van der Waals surface area contributed by atoms with Crippen LogP contribution in [0.4, 0.5) is 16.8 Å². The molecule has 1 fully saturated rings. The first-order chi connectivity index (χ1) is 13.4. The van der Waals surface area contributed by atoms with Crippen molar-refractivity contribution in [2.45, 2.75) is 57.4 Å². The minimum Gasteiger partial charge on any atom is -0.370 e. The smallest absolute Gasteiger partial charge is 0.237 e. The van der Waals surface area contributed by atoms with Crippen LogP contribution >= 0.6 is 11.3 Å². The maximum Gasteiger partial charge on any atom is 0.237 e. The molecule has 1 saturated carbocycles. The zero-order chi connectivity index (χ0) is 20.1. The molecule has 0 saturated heterocycles. The van der Waals surface area contributed by atoms with Crippen molar-refractivity contribution in [3.63, 3.8) is 0 Å². The van der Waals surface area contributed by atoms with E-state index in [2.05, 4.69) is 30.9 Å². The minimum absolute atomic E-state index is 0.373. The topological polar surface area (TPSA) is 118 Å². The molecule has 1 unspecified atom stereocenters. The number of hydrogen-bond donors (Lipinski definition) is 4. The molecule has 3 rings (SSSR count). The molecule has 1 aliphatic carbocycles. The van der Waals surface area contributed by atoms with Gasteiger partial charge >= 0.3 is 0 Å². The summed E-state index contributed by atoms with van der Waals surface area (Å²) in [6.07, 6.45) is 7.09. The van der Waals surface area contributed by atoms with Crippen LogP contribution in [0.1, 0.15) is 56.2 Å². The number of hydrogen-bond acceptors (Lipinski definition) is 8. The zero-order valence-electron chi connectivity index (χ0n) is 16.7. The van der Waals surface area contributed by atoms with Crippen molar-refractivity contribution in [1.29, 1.82) is 0 Å². The highest BCUT2D eigenvalue weighted by Crippen LogP contribution is 2.40. The highest BCUT2D eigenvalue weighted by Gasteiger charge is 2.28. The number of thiazole rings is 1. The molecule has 152 valence electrons. The van der Waals surface area contributed by atoms with Crippen LogP contribution in [0.15, 0.2) is 12.3 Å². The number of carbonyl (C=O) groups is 1. The van der Waals surface area contributed by atoms with Crippen LogP contribution in [0.5, 0.6) is 0 Å². The van der Waals surface area contributed by atoms with Crippen LogP contribution in [0.2, 0.25) is 0 Å². The summed E-state index contributed by atoms with van der Waals surface area (Å²) in [6, 6.07) is 1.87. The highest BCUT2D eigenvalue weighted by molar-refractivity contribution is 7.15. The van der Waals surface area contributed by atoms with Gasteiger partial charge in [0.2, 0.25) is 5.91 Å². The van der Waals surface area contributed by atoms with Crippen LogP contribution in [-0.2, 0) is 11.2 Å². The lowest BCUT2D eigenvalue weighted by molar-refractivity contribution is -0.123. The molecule has 2 heterocycles. The van der Waals surface area contributed by atoms with E-state index in [1.807, 2.05) is 19.2 Å². The van der Waals surface area contributed by atoms with Gasteiger partial charge in [-0.1, -0.05) is 13.3 Å². The van der Waals surface area contributed by atoms with E-state index in [1.165, 1.54) is 24.1 Å². The van der Waals surface area contributed by atoms with Crippen molar-refractivity contribution in [3.05, 3.63) is 23.0 Å². The molecule has 28 heavy (non-hydrogen) atoms. The fourth-order valence-electron chi connectivity index (χ4n) is 2.96. The Balaban J connectivity index is 1.66. The van der Waals surface area contributed by atoms with Gasteiger partial charge in [-0.3, -0.25) is 4.79 Å². The molecule has 1 aliphatic rings. The van der Waals surface area contributed by atoms with Gasteiger partial charge in [-0.2, -0.15) is 0 Å². The van der Waals surface area contributed by atoms with Crippen LogP contribution in [0, 0.1) is 0 Å². The predicted octanol–water partition coefficient (Wildman–Crippen LogP) is 2.77. The van der Waals surface area contributed by atoms with E-state index in [-0.39, 0.29) is 5.91 Å². The van der Waals surface area contributed by atoms with Crippen molar-refractivity contribution >= 4 is 34.0 Å². The molecular weight excluding hydrogens is 374 g/mol. The number of likely N-dealkylation sites (N-methyl/N-ethyl adjacent to an activating group) is 1. The molecule has 0 bridgehead atoms. The molecule has 2 aromatic rings. The second-order valence-corrected chi connectivity index (χ2v) is 8.41. The largest absolute Gasteiger partial charge is 0.370 e. The summed E-state index contributed by atoms with van der Waals surface area (Å²) < 4.78 is 0. The summed E-state index contributed by atoms with van der Waals surface area (Å²) in [5.74, 6) is 2.48. The Morgan fingerprint density at radius 2 is 2.11 bits per heavy atom. The van der Waals surface area contributed by atoms with E-state index >= 15 is 0 Å². The molecule has 5 N–H and O–H groups in total. The number of carbonyl (C=O) groups excluding carboxylic acids is 1. The Hall–Kier alpha value is -2.26. The first kappa shape index (κ1) is 20.5. The lowest BCUT2D eigenvalue weighted by Crippen LogP contribution is -2.52. The van der Waals surface area contributed by atoms with Gasteiger partial charge < -0.3 is 21.7 Å². The highest BCUT2D eigenvalue weighted by atomic mass is 32.1. The molecule has 0 aliphatic heterocycles. The number of anilines is 3. The summed E-state index contributed by atoms with van der Waals surface area (Å²) in [4.78, 5) is 26.5. The standard InChI is InChI=1S/C19H29N7OS/c1-4-14-24-15(22-9-8-19(2,21-3)17(20)27)10-16(25-14)26-18-23-11-13(28-18)12-6-5-7-12/h10-12,21H,4-9H2,1-3H3,(H2,20,27)(H2,22,23,24,25,26). The van der Waals surface area contributed by atoms with Gasteiger partial charge in [-0.15, -0.1) is 11.3 Å². The summed E-state index contributed by atoms with van der Waals surface area (Å²) >= 11 is 1.70. The minimum atomic E-state index is -0.756. The van der Waals surface area contributed by atoms with Gasteiger partial charge in [-0.05, 0) is 39.2 Å². The van der Waals surface area contributed by atoms with E-state index in [9.17, 15) is 4.79 Å². The molecule has 0 radical (unpaired) electrons. The quantitative estimate of drug-likeness (QED) is 0.482. The lowest BCUT2D eigenvalue weighted by atomic mass is 9.85. The van der Waals surface area contributed by atoms with Crippen LogP contribution in [-0.4, -0.2) is 40.0 Å². The number of rotatable bonds is 10. The molecule has 2 aromatic heterocycles. The normalized spacial score (nSPS) is 16.2. The number of primary amides is 1. The second-order valence-electron chi connectivity index (χ2n) is 7.35. The molecule has 9 heteroatoms. The molecular formula is C19H29N7OS. The maximum absolute atomic E-state index is 11.6. The van der Waals surface area contributed by atoms with Crippen molar-refractivity contribution in [1.82, 2.24) is 20.3 Å². The molecule has 1 amide bonds. The van der Waals surface area contributed by atoms with Crippen LogP contribution < -0.4 is 21.7 Å². The summed E-state index contributed by atoms with van der Waals surface area (Å²) in [6.45, 7) is 4.37. The average Bonchev–Trinajstić information content (AvgIpc) is 3.07. The van der Waals surface area contributed by atoms with E-state index in [0.29, 0.717) is 24.7 Å². The third-order valence-corrected chi connectivity index (χ3v) is 6.46. The van der Waals surface area contributed by atoms with E-state index in [4.69, 9.17) is 5.73 Å². The average molecular weight is 404 g/mol. The summed E-state index contributed by atoms with van der Waals surface area (Å²) in [5, 5.41) is 10.4. The summed E-state index contributed by atoms with van der Waals surface area (Å²) in [5.41, 5.74) is 4.73. The van der Waals surface area contributed by atoms with Crippen LogP contribution in [0.25, 0.3) is 0 Å².